The minimum absolute atomic E-state index is 0.0966. The third-order valence-corrected chi connectivity index (χ3v) is 4.43. The number of aliphatic hydroxyl groups excluding tert-OH is 1. The lowest BCUT2D eigenvalue weighted by molar-refractivity contribution is 0.125. The molecule has 0 bridgehead atoms. The zero-order chi connectivity index (χ0) is 13.6. The number of piperidine rings is 1. The van der Waals surface area contributed by atoms with E-state index in [1.807, 2.05) is 0 Å². The monoisotopic (exact) mass is 257 g/mol. The number of hydrogen-bond acceptors (Lipinski definition) is 4. The highest BCUT2D eigenvalue weighted by molar-refractivity contribution is 4.83. The molecule has 0 spiro atoms. The number of hydrogen-bond donors (Lipinski definition) is 2. The predicted octanol–water partition coefficient (Wildman–Crippen LogP) is 0.892. The van der Waals surface area contributed by atoms with Crippen LogP contribution >= 0.6 is 0 Å². The summed E-state index contributed by atoms with van der Waals surface area (Å²) in [6.07, 6.45) is 5.44. The highest BCUT2D eigenvalue weighted by Crippen LogP contribution is 2.17. The highest BCUT2D eigenvalue weighted by atomic mass is 16.3. The fraction of sp³-hybridized carbons (Fsp3) is 1.00. The van der Waals surface area contributed by atoms with E-state index in [1.54, 1.807) is 0 Å². The van der Waals surface area contributed by atoms with Gasteiger partial charge in [-0.15, -0.1) is 0 Å². The number of likely N-dealkylation sites (tertiary alicyclic amines) is 1. The van der Waals surface area contributed by atoms with Gasteiger partial charge in [0.05, 0.1) is 6.61 Å². The number of nitrogens with two attached hydrogens (primary N) is 1. The van der Waals surface area contributed by atoms with E-state index in [0.717, 1.165) is 25.8 Å². The molecular weight excluding hydrogens is 226 g/mol. The maximum atomic E-state index is 9.29. The molecule has 1 fully saturated rings. The number of nitrogens with zero attached hydrogens (tertiary/aromatic N) is 2. The van der Waals surface area contributed by atoms with Crippen LogP contribution in [0.1, 0.15) is 39.0 Å². The van der Waals surface area contributed by atoms with E-state index in [0.29, 0.717) is 6.04 Å². The van der Waals surface area contributed by atoms with Crippen molar-refractivity contribution in [3.8, 4) is 0 Å². The zero-order valence-corrected chi connectivity index (χ0v) is 12.4. The van der Waals surface area contributed by atoms with Gasteiger partial charge in [-0.1, -0.05) is 6.92 Å². The maximum Gasteiger partial charge on any atom is 0.0611 e. The van der Waals surface area contributed by atoms with Crippen molar-refractivity contribution in [1.29, 1.82) is 0 Å². The number of aliphatic hydroxyl groups is 1. The second kappa shape index (κ2) is 7.43. The average molecular weight is 257 g/mol. The van der Waals surface area contributed by atoms with Crippen molar-refractivity contribution < 1.29 is 5.11 Å². The summed E-state index contributed by atoms with van der Waals surface area (Å²) in [4.78, 5) is 4.88. The normalized spacial score (nSPS) is 25.3. The highest BCUT2D eigenvalue weighted by Gasteiger charge is 2.23. The fourth-order valence-electron chi connectivity index (χ4n) is 2.73. The van der Waals surface area contributed by atoms with Crippen molar-refractivity contribution in [2.24, 2.45) is 5.73 Å². The van der Waals surface area contributed by atoms with Crippen molar-refractivity contribution in [2.45, 2.75) is 50.6 Å². The summed E-state index contributed by atoms with van der Waals surface area (Å²) >= 11 is 0. The standard InChI is InChI=1S/C14H31N3O/c1-4-14(15,12-18)8-6-10-17(3)13-7-5-9-16(2)11-13/h13,18H,4-12,15H2,1-3H3. The number of likely N-dealkylation sites (N-methyl/N-ethyl adjacent to an activating group) is 2. The van der Waals surface area contributed by atoms with Crippen LogP contribution in [0.2, 0.25) is 0 Å². The van der Waals surface area contributed by atoms with Gasteiger partial charge in [0.2, 0.25) is 0 Å². The largest absolute Gasteiger partial charge is 0.394 e. The lowest BCUT2D eigenvalue weighted by Gasteiger charge is -2.36. The minimum atomic E-state index is -0.371. The van der Waals surface area contributed by atoms with E-state index in [9.17, 15) is 5.11 Å². The van der Waals surface area contributed by atoms with E-state index in [2.05, 4.69) is 30.8 Å². The molecule has 0 amide bonds. The third-order valence-electron chi connectivity index (χ3n) is 4.43. The summed E-state index contributed by atoms with van der Waals surface area (Å²) in [6.45, 7) is 5.64. The Hall–Kier alpha value is -0.160. The van der Waals surface area contributed by atoms with Gasteiger partial charge in [0.1, 0.15) is 0 Å². The molecule has 18 heavy (non-hydrogen) atoms. The Kier molecular flexibility index (Phi) is 6.57. The Morgan fingerprint density at radius 3 is 2.78 bits per heavy atom. The third kappa shape index (κ3) is 4.84. The van der Waals surface area contributed by atoms with E-state index < -0.39 is 0 Å². The molecule has 1 rings (SSSR count). The van der Waals surface area contributed by atoms with Crippen LogP contribution < -0.4 is 5.73 Å². The maximum absolute atomic E-state index is 9.29. The molecule has 1 heterocycles. The molecular formula is C14H31N3O. The Balaban J connectivity index is 2.26. The second-order valence-electron chi connectivity index (χ2n) is 6.02. The van der Waals surface area contributed by atoms with Gasteiger partial charge in [-0.05, 0) is 59.3 Å². The summed E-state index contributed by atoms with van der Waals surface area (Å²) in [5.41, 5.74) is 5.74. The molecule has 0 aromatic carbocycles. The molecule has 108 valence electrons. The van der Waals surface area contributed by atoms with E-state index in [1.165, 1.54) is 25.9 Å². The van der Waals surface area contributed by atoms with Gasteiger partial charge in [0.25, 0.3) is 0 Å². The van der Waals surface area contributed by atoms with E-state index >= 15 is 0 Å². The summed E-state index contributed by atoms with van der Waals surface area (Å²) in [6, 6.07) is 0.687. The first kappa shape index (κ1) is 15.9. The van der Waals surface area contributed by atoms with Crippen molar-refractivity contribution in [3.63, 3.8) is 0 Å². The van der Waals surface area contributed by atoms with Crippen LogP contribution in [0.3, 0.4) is 0 Å². The second-order valence-corrected chi connectivity index (χ2v) is 6.02. The van der Waals surface area contributed by atoms with Crippen LogP contribution in [-0.4, -0.2) is 66.8 Å². The van der Waals surface area contributed by atoms with Crippen molar-refractivity contribution in [3.05, 3.63) is 0 Å². The Bertz CT molecular complexity index is 231. The summed E-state index contributed by atoms with van der Waals surface area (Å²) in [5.74, 6) is 0. The van der Waals surface area contributed by atoms with Crippen LogP contribution in [0.4, 0.5) is 0 Å². The quantitative estimate of drug-likeness (QED) is 0.711. The molecule has 0 aliphatic carbocycles. The molecule has 0 saturated carbocycles. The van der Waals surface area contributed by atoms with Crippen molar-refractivity contribution >= 4 is 0 Å². The average Bonchev–Trinajstić information content (AvgIpc) is 2.38. The fourth-order valence-corrected chi connectivity index (χ4v) is 2.73. The van der Waals surface area contributed by atoms with Crippen molar-refractivity contribution in [2.75, 3.05) is 40.3 Å². The predicted molar refractivity (Wildman–Crippen MR) is 76.7 cm³/mol. The zero-order valence-electron chi connectivity index (χ0n) is 12.4. The van der Waals surface area contributed by atoms with Gasteiger partial charge in [0, 0.05) is 18.1 Å². The molecule has 0 aromatic heterocycles. The van der Waals surface area contributed by atoms with Gasteiger partial charge in [-0.25, -0.2) is 0 Å². The van der Waals surface area contributed by atoms with E-state index in [4.69, 9.17) is 5.73 Å². The molecule has 0 aromatic rings. The van der Waals surface area contributed by atoms with Crippen LogP contribution in [0.15, 0.2) is 0 Å². The van der Waals surface area contributed by atoms with Gasteiger partial charge < -0.3 is 20.6 Å². The molecule has 4 nitrogen and oxygen atoms in total. The first-order valence-electron chi connectivity index (χ1n) is 7.29. The van der Waals surface area contributed by atoms with Crippen LogP contribution in [0.5, 0.6) is 0 Å². The van der Waals surface area contributed by atoms with Crippen LogP contribution in [-0.2, 0) is 0 Å². The lowest BCUT2D eigenvalue weighted by atomic mass is 9.92. The number of rotatable bonds is 7. The molecule has 2 unspecified atom stereocenters. The summed E-state index contributed by atoms with van der Waals surface area (Å²) < 4.78 is 0. The molecule has 4 heteroatoms. The Morgan fingerprint density at radius 2 is 2.22 bits per heavy atom. The van der Waals surface area contributed by atoms with Gasteiger partial charge in [-0.2, -0.15) is 0 Å². The van der Waals surface area contributed by atoms with Crippen LogP contribution in [0.25, 0.3) is 0 Å². The molecule has 3 N–H and O–H groups in total. The molecule has 1 aliphatic heterocycles. The molecule has 0 radical (unpaired) electrons. The Labute approximate surface area is 112 Å². The van der Waals surface area contributed by atoms with Crippen LogP contribution in [0, 0.1) is 0 Å². The molecule has 2 atom stereocenters. The minimum Gasteiger partial charge on any atom is -0.394 e. The SMILES string of the molecule is CCC(N)(CO)CCCN(C)C1CCCN(C)C1. The summed E-state index contributed by atoms with van der Waals surface area (Å²) in [7, 11) is 4.42. The molecule has 1 aliphatic rings. The Morgan fingerprint density at radius 1 is 1.50 bits per heavy atom. The topological polar surface area (TPSA) is 52.7 Å². The lowest BCUT2D eigenvalue weighted by Crippen LogP contribution is -2.46. The van der Waals surface area contributed by atoms with Crippen molar-refractivity contribution in [1.82, 2.24) is 9.80 Å². The van der Waals surface area contributed by atoms with E-state index in [-0.39, 0.29) is 12.1 Å². The van der Waals surface area contributed by atoms with Gasteiger partial charge in [0.15, 0.2) is 0 Å². The molecule has 1 saturated heterocycles. The first-order chi connectivity index (χ1) is 8.50. The van der Waals surface area contributed by atoms with Gasteiger partial charge in [-0.3, -0.25) is 0 Å². The smallest absolute Gasteiger partial charge is 0.0611 e. The first-order valence-corrected chi connectivity index (χ1v) is 7.29. The summed E-state index contributed by atoms with van der Waals surface area (Å²) in [5, 5.41) is 9.29. The van der Waals surface area contributed by atoms with Gasteiger partial charge >= 0.3 is 0 Å².